The predicted molar refractivity (Wildman–Crippen MR) is 93.3 cm³/mol. The van der Waals surface area contributed by atoms with Crippen molar-refractivity contribution in [2.75, 3.05) is 49.9 Å². The van der Waals surface area contributed by atoms with Crippen molar-refractivity contribution in [2.45, 2.75) is 31.5 Å². The SMILES string of the molecule is CN1CN(CC2(CF)CCCC3(C2)OCCO3)c2cc(C#N)ccc21. The first-order valence-electron chi connectivity index (χ1n) is 8.93. The van der Waals surface area contributed by atoms with E-state index < -0.39 is 11.2 Å². The minimum atomic E-state index is -0.590. The molecule has 134 valence electrons. The lowest BCUT2D eigenvalue weighted by Crippen LogP contribution is -2.49. The number of nitriles is 1. The molecule has 1 aromatic rings. The number of alkyl halides is 1. The van der Waals surface area contributed by atoms with Crippen molar-refractivity contribution in [2.24, 2.45) is 5.41 Å². The smallest absolute Gasteiger partial charge is 0.169 e. The number of ether oxygens (including phenoxy) is 2. The van der Waals surface area contributed by atoms with Crippen molar-refractivity contribution < 1.29 is 13.9 Å². The minimum Gasteiger partial charge on any atom is -0.355 e. The molecule has 1 saturated heterocycles. The molecule has 0 amide bonds. The molecule has 4 rings (SSSR count). The summed E-state index contributed by atoms with van der Waals surface area (Å²) in [6.07, 6.45) is 3.21. The number of anilines is 2. The molecule has 1 atom stereocenters. The summed E-state index contributed by atoms with van der Waals surface area (Å²) in [5, 5.41) is 9.20. The first kappa shape index (κ1) is 16.6. The van der Waals surface area contributed by atoms with E-state index in [-0.39, 0.29) is 6.67 Å². The molecule has 5 nitrogen and oxygen atoms in total. The van der Waals surface area contributed by atoms with Gasteiger partial charge in [-0.1, -0.05) is 0 Å². The van der Waals surface area contributed by atoms with Crippen LogP contribution in [0.25, 0.3) is 0 Å². The predicted octanol–water partition coefficient (Wildman–Crippen LogP) is 3.04. The van der Waals surface area contributed by atoms with Crippen LogP contribution < -0.4 is 9.80 Å². The van der Waals surface area contributed by atoms with Crippen molar-refractivity contribution in [3.05, 3.63) is 23.8 Å². The van der Waals surface area contributed by atoms with Gasteiger partial charge in [-0.3, -0.25) is 4.39 Å². The summed E-state index contributed by atoms with van der Waals surface area (Å²) >= 11 is 0. The fourth-order valence-corrected chi connectivity index (χ4v) is 4.63. The Morgan fingerprint density at radius 2 is 2.04 bits per heavy atom. The summed E-state index contributed by atoms with van der Waals surface area (Å²) in [5.41, 5.74) is 2.28. The summed E-state index contributed by atoms with van der Waals surface area (Å²) in [4.78, 5) is 4.34. The maximum absolute atomic E-state index is 14.2. The van der Waals surface area contributed by atoms with Crippen LogP contribution >= 0.6 is 0 Å². The Morgan fingerprint density at radius 3 is 2.76 bits per heavy atom. The van der Waals surface area contributed by atoms with Crippen LogP contribution in [0.4, 0.5) is 15.8 Å². The highest BCUT2D eigenvalue weighted by molar-refractivity contribution is 5.77. The molecule has 0 aromatic heterocycles. The summed E-state index contributed by atoms with van der Waals surface area (Å²) in [7, 11) is 2.03. The van der Waals surface area contributed by atoms with E-state index in [2.05, 4.69) is 15.9 Å². The Labute approximate surface area is 147 Å². The maximum Gasteiger partial charge on any atom is 0.169 e. The van der Waals surface area contributed by atoms with E-state index in [1.807, 2.05) is 25.2 Å². The zero-order valence-corrected chi connectivity index (χ0v) is 14.6. The number of fused-ring (bicyclic) bond motifs is 1. The van der Waals surface area contributed by atoms with Crippen LogP contribution in [0.3, 0.4) is 0 Å². The van der Waals surface area contributed by atoms with Crippen LogP contribution in [-0.4, -0.2) is 45.9 Å². The van der Waals surface area contributed by atoms with Crippen molar-refractivity contribution in [3.8, 4) is 6.07 Å². The van der Waals surface area contributed by atoms with Gasteiger partial charge in [-0.2, -0.15) is 5.26 Å². The number of hydrogen-bond donors (Lipinski definition) is 0. The van der Waals surface area contributed by atoms with Crippen LogP contribution in [0.2, 0.25) is 0 Å². The van der Waals surface area contributed by atoms with Crippen LogP contribution in [-0.2, 0) is 9.47 Å². The van der Waals surface area contributed by atoms with E-state index in [9.17, 15) is 9.65 Å². The maximum atomic E-state index is 14.2. The van der Waals surface area contributed by atoms with Gasteiger partial charge in [0.25, 0.3) is 0 Å². The molecule has 2 aliphatic heterocycles. The number of nitrogens with zero attached hydrogens (tertiary/aromatic N) is 3. The van der Waals surface area contributed by atoms with Gasteiger partial charge in [0.1, 0.15) is 0 Å². The van der Waals surface area contributed by atoms with Gasteiger partial charge in [0.2, 0.25) is 0 Å². The lowest BCUT2D eigenvalue weighted by atomic mass is 9.71. The standard InChI is InChI=1S/C19H24FN3O2/c1-22-14-23(17-9-15(10-21)3-4-16(17)22)13-18(12-20)5-2-6-19(11-18)24-7-8-25-19/h3-4,9H,2,5-8,11-14H2,1H3. The average molecular weight is 345 g/mol. The van der Waals surface area contributed by atoms with Gasteiger partial charge in [-0.25, -0.2) is 0 Å². The molecule has 1 unspecified atom stereocenters. The Kier molecular flexibility index (Phi) is 4.09. The van der Waals surface area contributed by atoms with Gasteiger partial charge < -0.3 is 19.3 Å². The van der Waals surface area contributed by atoms with Crippen LogP contribution in [0.5, 0.6) is 0 Å². The molecule has 0 bridgehead atoms. The highest BCUT2D eigenvalue weighted by Gasteiger charge is 2.49. The Balaban J connectivity index is 1.60. The summed E-state index contributed by atoms with van der Waals surface area (Å²) in [5.74, 6) is -0.590. The summed E-state index contributed by atoms with van der Waals surface area (Å²) < 4.78 is 26.0. The lowest BCUT2D eigenvalue weighted by Gasteiger charge is -2.45. The Morgan fingerprint density at radius 1 is 1.24 bits per heavy atom. The molecule has 1 aromatic carbocycles. The monoisotopic (exact) mass is 345 g/mol. The van der Waals surface area contributed by atoms with E-state index in [4.69, 9.17) is 9.47 Å². The van der Waals surface area contributed by atoms with Crippen molar-refractivity contribution >= 4 is 11.4 Å². The average Bonchev–Trinajstić information content (AvgIpc) is 3.19. The molecule has 25 heavy (non-hydrogen) atoms. The second-order valence-corrected chi connectivity index (χ2v) is 7.62. The van der Waals surface area contributed by atoms with E-state index in [0.29, 0.717) is 38.4 Å². The van der Waals surface area contributed by atoms with Crippen LogP contribution in [0.1, 0.15) is 31.2 Å². The highest BCUT2D eigenvalue weighted by atomic mass is 19.1. The normalized spacial score (nSPS) is 27.6. The zero-order valence-electron chi connectivity index (χ0n) is 14.6. The van der Waals surface area contributed by atoms with Crippen molar-refractivity contribution in [3.63, 3.8) is 0 Å². The number of benzene rings is 1. The Hall–Kier alpha value is -1.84. The van der Waals surface area contributed by atoms with Gasteiger partial charge in [0, 0.05) is 31.8 Å². The van der Waals surface area contributed by atoms with Gasteiger partial charge in [0.15, 0.2) is 5.79 Å². The first-order chi connectivity index (χ1) is 12.1. The molecular weight excluding hydrogens is 321 g/mol. The summed E-state index contributed by atoms with van der Waals surface area (Å²) in [6, 6.07) is 7.91. The third kappa shape index (κ3) is 2.86. The molecule has 2 heterocycles. The largest absolute Gasteiger partial charge is 0.355 e. The second-order valence-electron chi connectivity index (χ2n) is 7.62. The minimum absolute atomic E-state index is 0.380. The zero-order chi connectivity index (χ0) is 17.5. The molecule has 3 aliphatic rings. The quantitative estimate of drug-likeness (QED) is 0.843. The highest BCUT2D eigenvalue weighted by Crippen LogP contribution is 2.48. The molecular formula is C19H24FN3O2. The van der Waals surface area contributed by atoms with Crippen molar-refractivity contribution in [1.82, 2.24) is 0 Å². The van der Waals surface area contributed by atoms with Crippen molar-refractivity contribution in [1.29, 1.82) is 5.26 Å². The second kappa shape index (κ2) is 6.15. The molecule has 2 fully saturated rings. The van der Waals surface area contributed by atoms with Gasteiger partial charge >= 0.3 is 0 Å². The molecule has 1 aliphatic carbocycles. The molecule has 6 heteroatoms. The molecule has 0 N–H and O–H groups in total. The topological polar surface area (TPSA) is 48.7 Å². The number of hydrogen-bond acceptors (Lipinski definition) is 5. The van der Waals surface area contributed by atoms with Crippen LogP contribution in [0, 0.1) is 16.7 Å². The first-order valence-corrected chi connectivity index (χ1v) is 8.93. The fraction of sp³-hybridized carbons (Fsp3) is 0.632. The fourth-order valence-electron chi connectivity index (χ4n) is 4.63. The van der Waals surface area contributed by atoms with Gasteiger partial charge in [0.05, 0.1) is 49.6 Å². The lowest BCUT2D eigenvalue weighted by molar-refractivity contribution is -0.202. The summed E-state index contributed by atoms with van der Waals surface area (Å²) in [6.45, 7) is 2.15. The van der Waals surface area contributed by atoms with E-state index >= 15 is 0 Å². The molecule has 1 saturated carbocycles. The van der Waals surface area contributed by atoms with Gasteiger partial charge in [-0.05, 0) is 31.0 Å². The molecule has 0 radical (unpaired) electrons. The van der Waals surface area contributed by atoms with E-state index in [1.165, 1.54) is 0 Å². The van der Waals surface area contributed by atoms with E-state index in [0.717, 1.165) is 30.6 Å². The van der Waals surface area contributed by atoms with Gasteiger partial charge in [-0.15, -0.1) is 0 Å². The van der Waals surface area contributed by atoms with Crippen LogP contribution in [0.15, 0.2) is 18.2 Å². The Bertz CT molecular complexity index is 698. The molecule has 1 spiro atoms. The van der Waals surface area contributed by atoms with E-state index in [1.54, 1.807) is 0 Å². The third-order valence-electron chi connectivity index (χ3n) is 5.77. The number of halogens is 1. The number of rotatable bonds is 3. The third-order valence-corrected chi connectivity index (χ3v) is 5.77.